The zero-order chi connectivity index (χ0) is 14.9. The first-order valence-corrected chi connectivity index (χ1v) is 9.37. The molecule has 1 unspecified atom stereocenters. The van der Waals surface area contributed by atoms with Crippen molar-refractivity contribution in [3.63, 3.8) is 0 Å². The minimum atomic E-state index is -3.34. The first-order chi connectivity index (χ1) is 10.1. The summed E-state index contributed by atoms with van der Waals surface area (Å²) in [5.41, 5.74) is 8.15. The Morgan fingerprint density at radius 2 is 2.00 bits per heavy atom. The molecule has 4 nitrogen and oxygen atoms in total. The van der Waals surface area contributed by atoms with Crippen LogP contribution >= 0.6 is 0 Å². The van der Waals surface area contributed by atoms with E-state index in [1.807, 2.05) is 12.1 Å². The molecule has 0 aromatic heterocycles. The van der Waals surface area contributed by atoms with Gasteiger partial charge in [0.05, 0.1) is 4.90 Å². The summed E-state index contributed by atoms with van der Waals surface area (Å²) < 4.78 is 27.3. The Labute approximate surface area is 127 Å². The lowest BCUT2D eigenvalue weighted by Gasteiger charge is -2.31. The molecule has 0 radical (unpaired) electrons. The van der Waals surface area contributed by atoms with Crippen LogP contribution in [0.5, 0.6) is 0 Å². The maximum Gasteiger partial charge on any atom is 0.243 e. The predicted octanol–water partition coefficient (Wildman–Crippen LogP) is 1.92. The van der Waals surface area contributed by atoms with E-state index in [-0.39, 0.29) is 0 Å². The number of nitrogens with two attached hydrogens (primary N) is 1. The molecule has 1 heterocycles. The zero-order valence-corrected chi connectivity index (χ0v) is 13.2. The topological polar surface area (TPSA) is 63.4 Å². The summed E-state index contributed by atoms with van der Waals surface area (Å²) in [6.07, 6.45) is 6.17. The van der Waals surface area contributed by atoms with Crippen molar-refractivity contribution in [2.75, 3.05) is 19.6 Å². The van der Waals surface area contributed by atoms with E-state index in [1.54, 1.807) is 10.4 Å². The number of nitrogens with zero attached hydrogens (tertiary/aromatic N) is 1. The van der Waals surface area contributed by atoms with Gasteiger partial charge >= 0.3 is 0 Å². The molecule has 1 aromatic carbocycles. The standard InChI is InChI=1S/C16H24N2O2S/c17-9-8-13-3-2-10-18(12-13)21(19,20)16-7-6-14-4-1-5-15(14)11-16/h6-7,11,13H,1-5,8-10,12,17H2. The number of hydrogen-bond donors (Lipinski definition) is 1. The molecule has 3 rings (SSSR count). The second kappa shape index (κ2) is 6.07. The van der Waals surface area contributed by atoms with Crippen LogP contribution in [0.2, 0.25) is 0 Å². The minimum Gasteiger partial charge on any atom is -0.330 e. The van der Waals surface area contributed by atoms with Crippen molar-refractivity contribution < 1.29 is 8.42 Å². The fraction of sp³-hybridized carbons (Fsp3) is 0.625. The number of fused-ring (bicyclic) bond motifs is 1. The van der Waals surface area contributed by atoms with Crippen molar-refractivity contribution in [3.05, 3.63) is 29.3 Å². The lowest BCUT2D eigenvalue weighted by Crippen LogP contribution is -2.40. The molecule has 0 amide bonds. The normalized spacial score (nSPS) is 23.2. The maximum absolute atomic E-state index is 12.8. The molecule has 1 aliphatic carbocycles. The van der Waals surface area contributed by atoms with Gasteiger partial charge in [0.2, 0.25) is 10.0 Å². The number of aryl methyl sites for hydroxylation is 2. The second-order valence-electron chi connectivity index (χ2n) is 6.23. The van der Waals surface area contributed by atoms with Crippen LogP contribution in [0.15, 0.2) is 23.1 Å². The van der Waals surface area contributed by atoms with Gasteiger partial charge in [-0.05, 0) is 74.2 Å². The molecule has 1 fully saturated rings. The van der Waals surface area contributed by atoms with Crippen molar-refractivity contribution in [3.8, 4) is 0 Å². The molecule has 1 atom stereocenters. The Balaban J connectivity index is 1.83. The molecule has 1 aliphatic heterocycles. The van der Waals surface area contributed by atoms with E-state index >= 15 is 0 Å². The quantitative estimate of drug-likeness (QED) is 0.924. The Hall–Kier alpha value is -0.910. The van der Waals surface area contributed by atoms with Crippen LogP contribution in [0.1, 0.15) is 36.8 Å². The number of benzene rings is 1. The Morgan fingerprint density at radius 3 is 2.81 bits per heavy atom. The van der Waals surface area contributed by atoms with E-state index in [2.05, 4.69) is 0 Å². The van der Waals surface area contributed by atoms with Gasteiger partial charge in [-0.2, -0.15) is 4.31 Å². The lowest BCUT2D eigenvalue weighted by molar-refractivity contribution is 0.258. The number of rotatable bonds is 4. The second-order valence-corrected chi connectivity index (χ2v) is 8.17. The summed E-state index contributed by atoms with van der Waals surface area (Å²) in [5.74, 6) is 0.410. The van der Waals surface area contributed by atoms with Gasteiger partial charge in [-0.1, -0.05) is 6.07 Å². The highest BCUT2D eigenvalue weighted by molar-refractivity contribution is 7.89. The number of sulfonamides is 1. The molecule has 2 N–H and O–H groups in total. The summed E-state index contributed by atoms with van der Waals surface area (Å²) in [4.78, 5) is 0.469. The van der Waals surface area contributed by atoms with Gasteiger partial charge in [0.25, 0.3) is 0 Å². The van der Waals surface area contributed by atoms with Crippen LogP contribution in [0.25, 0.3) is 0 Å². The van der Waals surface area contributed by atoms with E-state index in [0.29, 0.717) is 30.4 Å². The lowest BCUT2D eigenvalue weighted by atomic mass is 9.96. The molecular weight excluding hydrogens is 284 g/mol. The predicted molar refractivity (Wildman–Crippen MR) is 83.6 cm³/mol. The molecule has 1 aromatic rings. The average molecular weight is 308 g/mol. The van der Waals surface area contributed by atoms with Gasteiger partial charge in [-0.15, -0.1) is 0 Å². The summed E-state index contributed by atoms with van der Waals surface area (Å²) >= 11 is 0. The average Bonchev–Trinajstić information content (AvgIpc) is 2.95. The Bertz CT molecular complexity index is 611. The first-order valence-electron chi connectivity index (χ1n) is 7.93. The highest BCUT2D eigenvalue weighted by Gasteiger charge is 2.30. The van der Waals surface area contributed by atoms with E-state index in [9.17, 15) is 8.42 Å². The fourth-order valence-corrected chi connectivity index (χ4v) is 5.18. The monoisotopic (exact) mass is 308 g/mol. The van der Waals surface area contributed by atoms with Crippen molar-refractivity contribution >= 4 is 10.0 Å². The van der Waals surface area contributed by atoms with E-state index in [4.69, 9.17) is 5.73 Å². The van der Waals surface area contributed by atoms with Crippen LogP contribution in [0.3, 0.4) is 0 Å². The smallest absolute Gasteiger partial charge is 0.243 e. The van der Waals surface area contributed by atoms with Crippen molar-refractivity contribution in [1.82, 2.24) is 4.31 Å². The van der Waals surface area contributed by atoms with Crippen LogP contribution in [0, 0.1) is 5.92 Å². The highest BCUT2D eigenvalue weighted by atomic mass is 32.2. The molecule has 21 heavy (non-hydrogen) atoms. The first kappa shape index (κ1) is 15.0. The molecule has 0 bridgehead atoms. The van der Waals surface area contributed by atoms with Crippen molar-refractivity contribution in [2.45, 2.75) is 43.4 Å². The molecule has 116 valence electrons. The van der Waals surface area contributed by atoms with Gasteiger partial charge in [-0.25, -0.2) is 8.42 Å². The third-order valence-corrected chi connectivity index (χ3v) is 6.63. The largest absolute Gasteiger partial charge is 0.330 e. The molecule has 0 spiro atoms. The molecule has 5 heteroatoms. The molecule has 1 saturated heterocycles. The molecular formula is C16H24N2O2S. The SMILES string of the molecule is NCCC1CCCN(S(=O)(=O)c2ccc3c(c2)CCC3)C1. The van der Waals surface area contributed by atoms with Gasteiger partial charge < -0.3 is 5.73 Å². The third-order valence-electron chi connectivity index (χ3n) is 4.76. The maximum atomic E-state index is 12.8. The van der Waals surface area contributed by atoms with Crippen molar-refractivity contribution in [2.24, 2.45) is 11.7 Å². The van der Waals surface area contributed by atoms with Crippen LogP contribution in [-0.2, 0) is 22.9 Å². The van der Waals surface area contributed by atoms with Crippen molar-refractivity contribution in [1.29, 1.82) is 0 Å². The fourth-order valence-electron chi connectivity index (χ4n) is 3.57. The number of piperidine rings is 1. The number of hydrogen-bond acceptors (Lipinski definition) is 3. The van der Waals surface area contributed by atoms with Crippen LogP contribution in [0.4, 0.5) is 0 Å². The van der Waals surface area contributed by atoms with Gasteiger partial charge in [0.15, 0.2) is 0 Å². The molecule has 0 saturated carbocycles. The van der Waals surface area contributed by atoms with Gasteiger partial charge in [-0.3, -0.25) is 0 Å². The zero-order valence-electron chi connectivity index (χ0n) is 12.4. The van der Waals surface area contributed by atoms with E-state index < -0.39 is 10.0 Å². The third kappa shape index (κ3) is 3.00. The van der Waals surface area contributed by atoms with Gasteiger partial charge in [0, 0.05) is 13.1 Å². The Kier molecular flexibility index (Phi) is 4.33. The van der Waals surface area contributed by atoms with Crippen LogP contribution in [-0.4, -0.2) is 32.4 Å². The summed E-state index contributed by atoms with van der Waals surface area (Å²) in [5, 5.41) is 0. The summed E-state index contributed by atoms with van der Waals surface area (Å²) in [6.45, 7) is 1.90. The van der Waals surface area contributed by atoms with Crippen LogP contribution < -0.4 is 5.73 Å². The van der Waals surface area contributed by atoms with E-state index in [0.717, 1.165) is 38.5 Å². The summed E-state index contributed by atoms with van der Waals surface area (Å²) in [6, 6.07) is 5.67. The van der Waals surface area contributed by atoms with Gasteiger partial charge in [0.1, 0.15) is 0 Å². The minimum absolute atomic E-state index is 0.410. The Morgan fingerprint density at radius 1 is 1.19 bits per heavy atom. The van der Waals surface area contributed by atoms with E-state index in [1.165, 1.54) is 11.1 Å². The molecule has 2 aliphatic rings. The highest BCUT2D eigenvalue weighted by Crippen LogP contribution is 2.29. The summed E-state index contributed by atoms with van der Waals surface area (Å²) in [7, 11) is -3.34.